The number of carbonyl (C=O) groups excluding carboxylic acids is 1. The first kappa shape index (κ1) is 13.2. The SMILES string of the molecule is Cc1cc(COc2ccc(Cl)c3c2C(=O)C[C@H]3C)no1. The van der Waals surface area contributed by atoms with E-state index < -0.39 is 0 Å². The second-order valence-corrected chi connectivity index (χ2v) is 5.49. The number of hydrogen-bond donors (Lipinski definition) is 0. The zero-order valence-corrected chi connectivity index (χ0v) is 12.0. The van der Waals surface area contributed by atoms with Crippen LogP contribution in [0.15, 0.2) is 22.7 Å². The van der Waals surface area contributed by atoms with Crippen molar-refractivity contribution in [1.29, 1.82) is 0 Å². The predicted molar refractivity (Wildman–Crippen MR) is 74.4 cm³/mol. The average Bonchev–Trinajstić information content (AvgIpc) is 2.94. The van der Waals surface area contributed by atoms with Crippen LogP contribution in [0.1, 0.15) is 46.6 Å². The Morgan fingerprint density at radius 3 is 3.00 bits per heavy atom. The summed E-state index contributed by atoms with van der Waals surface area (Å²) >= 11 is 6.19. The van der Waals surface area contributed by atoms with Crippen LogP contribution in [0.4, 0.5) is 0 Å². The molecule has 2 aromatic rings. The van der Waals surface area contributed by atoms with Crippen LogP contribution in [0.3, 0.4) is 0 Å². The van der Waals surface area contributed by atoms with Crippen molar-refractivity contribution >= 4 is 17.4 Å². The number of aryl methyl sites for hydroxylation is 1. The van der Waals surface area contributed by atoms with Crippen molar-refractivity contribution in [2.45, 2.75) is 32.8 Å². The molecule has 0 unspecified atom stereocenters. The molecule has 1 heterocycles. The number of ketones is 1. The number of fused-ring (bicyclic) bond motifs is 1. The first-order valence-electron chi connectivity index (χ1n) is 6.47. The van der Waals surface area contributed by atoms with Gasteiger partial charge in [0.2, 0.25) is 0 Å². The van der Waals surface area contributed by atoms with Gasteiger partial charge in [0.25, 0.3) is 0 Å². The van der Waals surface area contributed by atoms with E-state index in [4.69, 9.17) is 20.9 Å². The normalized spacial score (nSPS) is 17.4. The van der Waals surface area contributed by atoms with Crippen LogP contribution in [0.25, 0.3) is 0 Å². The van der Waals surface area contributed by atoms with E-state index >= 15 is 0 Å². The fourth-order valence-electron chi connectivity index (χ4n) is 2.58. The van der Waals surface area contributed by atoms with Crippen LogP contribution in [-0.4, -0.2) is 10.9 Å². The second-order valence-electron chi connectivity index (χ2n) is 5.08. The lowest BCUT2D eigenvalue weighted by atomic mass is 10.0. The van der Waals surface area contributed by atoms with Crippen molar-refractivity contribution in [3.8, 4) is 5.75 Å². The lowest BCUT2D eigenvalue weighted by molar-refractivity contribution is 0.0986. The third-order valence-corrected chi connectivity index (χ3v) is 3.80. The minimum absolute atomic E-state index is 0.0846. The predicted octanol–water partition coefficient (Wildman–Crippen LogP) is 3.91. The van der Waals surface area contributed by atoms with E-state index in [0.29, 0.717) is 28.5 Å². The van der Waals surface area contributed by atoms with E-state index in [-0.39, 0.29) is 18.3 Å². The zero-order chi connectivity index (χ0) is 14.3. The summed E-state index contributed by atoms with van der Waals surface area (Å²) in [5.41, 5.74) is 2.21. The molecule has 0 spiro atoms. The molecule has 0 saturated heterocycles. The summed E-state index contributed by atoms with van der Waals surface area (Å²) in [6.07, 6.45) is 0.485. The molecule has 4 nitrogen and oxygen atoms in total. The first-order valence-corrected chi connectivity index (χ1v) is 6.84. The number of hydrogen-bond acceptors (Lipinski definition) is 4. The third-order valence-electron chi connectivity index (χ3n) is 3.47. The second kappa shape index (κ2) is 4.94. The fourth-order valence-corrected chi connectivity index (χ4v) is 2.93. The number of carbonyl (C=O) groups is 1. The number of nitrogens with zero attached hydrogens (tertiary/aromatic N) is 1. The monoisotopic (exact) mass is 291 g/mol. The highest BCUT2D eigenvalue weighted by Gasteiger charge is 2.31. The van der Waals surface area contributed by atoms with Gasteiger partial charge < -0.3 is 9.26 Å². The van der Waals surface area contributed by atoms with E-state index in [0.717, 1.165) is 11.3 Å². The molecule has 20 heavy (non-hydrogen) atoms. The Morgan fingerprint density at radius 2 is 2.30 bits per heavy atom. The standard InChI is InChI=1S/C15H14ClNO3/c1-8-5-12(18)15-13(4-3-11(16)14(8)15)19-7-10-6-9(2)20-17-10/h3-4,6,8H,5,7H2,1-2H3/t8-/m1/s1. The van der Waals surface area contributed by atoms with E-state index in [9.17, 15) is 4.79 Å². The highest BCUT2D eigenvalue weighted by atomic mass is 35.5. The molecule has 1 aromatic heterocycles. The van der Waals surface area contributed by atoms with Crippen LogP contribution < -0.4 is 4.74 Å². The molecule has 0 N–H and O–H groups in total. The quantitative estimate of drug-likeness (QED) is 0.860. The smallest absolute Gasteiger partial charge is 0.167 e. The molecule has 0 bridgehead atoms. The van der Waals surface area contributed by atoms with Gasteiger partial charge in [0.15, 0.2) is 5.78 Å². The molecule has 1 atom stereocenters. The minimum Gasteiger partial charge on any atom is -0.486 e. The van der Waals surface area contributed by atoms with Gasteiger partial charge in [-0.2, -0.15) is 0 Å². The van der Waals surface area contributed by atoms with Gasteiger partial charge in [0, 0.05) is 17.5 Å². The third kappa shape index (κ3) is 2.20. The van der Waals surface area contributed by atoms with Crippen molar-refractivity contribution in [2.24, 2.45) is 0 Å². The maximum Gasteiger partial charge on any atom is 0.167 e. The molecular weight excluding hydrogens is 278 g/mol. The summed E-state index contributed by atoms with van der Waals surface area (Å²) in [6.45, 7) is 4.09. The molecule has 5 heteroatoms. The van der Waals surface area contributed by atoms with Crippen LogP contribution in [-0.2, 0) is 6.61 Å². The van der Waals surface area contributed by atoms with Crippen molar-refractivity contribution in [1.82, 2.24) is 5.16 Å². The van der Waals surface area contributed by atoms with Gasteiger partial charge in [-0.05, 0) is 30.5 Å². The molecule has 1 aliphatic rings. The Morgan fingerprint density at radius 1 is 1.50 bits per heavy atom. The van der Waals surface area contributed by atoms with E-state index in [1.165, 1.54) is 0 Å². The van der Waals surface area contributed by atoms with Crippen LogP contribution in [0.5, 0.6) is 5.75 Å². The minimum atomic E-state index is 0.0846. The van der Waals surface area contributed by atoms with Crippen LogP contribution in [0.2, 0.25) is 5.02 Å². The van der Waals surface area contributed by atoms with E-state index in [2.05, 4.69) is 5.16 Å². The van der Waals surface area contributed by atoms with Gasteiger partial charge in [-0.15, -0.1) is 0 Å². The Labute approximate surface area is 121 Å². The summed E-state index contributed by atoms with van der Waals surface area (Å²) in [5, 5.41) is 4.49. The number of Topliss-reactive ketones (excluding diaryl/α,β-unsaturated/α-hetero) is 1. The summed E-state index contributed by atoms with van der Waals surface area (Å²) in [7, 11) is 0. The number of halogens is 1. The molecule has 104 valence electrons. The lowest BCUT2D eigenvalue weighted by Crippen LogP contribution is -2.02. The molecule has 0 saturated carbocycles. The maximum absolute atomic E-state index is 12.1. The van der Waals surface area contributed by atoms with Crippen molar-refractivity contribution < 1.29 is 14.1 Å². The van der Waals surface area contributed by atoms with Gasteiger partial charge in [-0.1, -0.05) is 23.7 Å². The first-order chi connectivity index (χ1) is 9.56. The summed E-state index contributed by atoms with van der Waals surface area (Å²) in [4.78, 5) is 12.1. The fraction of sp³-hybridized carbons (Fsp3) is 0.333. The number of aromatic nitrogens is 1. The number of ether oxygens (including phenoxy) is 1. The zero-order valence-electron chi connectivity index (χ0n) is 11.3. The molecule has 0 aliphatic heterocycles. The number of rotatable bonds is 3. The topological polar surface area (TPSA) is 52.3 Å². The number of benzene rings is 1. The van der Waals surface area contributed by atoms with E-state index in [1.54, 1.807) is 18.2 Å². The van der Waals surface area contributed by atoms with Gasteiger partial charge in [0.05, 0.1) is 5.56 Å². The molecule has 0 fully saturated rings. The van der Waals surface area contributed by atoms with E-state index in [1.807, 2.05) is 13.8 Å². The van der Waals surface area contributed by atoms with Crippen molar-refractivity contribution in [2.75, 3.05) is 0 Å². The van der Waals surface area contributed by atoms with Gasteiger partial charge in [-0.25, -0.2) is 0 Å². The Balaban J connectivity index is 1.89. The van der Waals surface area contributed by atoms with Crippen LogP contribution in [0, 0.1) is 6.92 Å². The molecule has 3 rings (SSSR count). The van der Waals surface area contributed by atoms with Crippen molar-refractivity contribution in [3.05, 3.63) is 45.8 Å². The Kier molecular flexibility index (Phi) is 3.26. The molecular formula is C15H14ClNO3. The van der Waals surface area contributed by atoms with Gasteiger partial charge in [-0.3, -0.25) is 4.79 Å². The molecule has 1 aliphatic carbocycles. The average molecular weight is 292 g/mol. The summed E-state index contributed by atoms with van der Waals surface area (Å²) in [6, 6.07) is 5.32. The largest absolute Gasteiger partial charge is 0.486 e. The maximum atomic E-state index is 12.1. The molecule has 0 radical (unpaired) electrons. The summed E-state index contributed by atoms with van der Waals surface area (Å²) in [5.74, 6) is 1.53. The van der Waals surface area contributed by atoms with Gasteiger partial charge in [0.1, 0.15) is 23.8 Å². The lowest BCUT2D eigenvalue weighted by Gasteiger charge is -2.11. The van der Waals surface area contributed by atoms with Crippen LogP contribution >= 0.6 is 11.6 Å². The molecule has 1 aromatic carbocycles. The van der Waals surface area contributed by atoms with Crippen molar-refractivity contribution in [3.63, 3.8) is 0 Å². The summed E-state index contributed by atoms with van der Waals surface area (Å²) < 4.78 is 10.7. The Bertz CT molecular complexity index is 678. The Hall–Kier alpha value is -1.81. The van der Waals surface area contributed by atoms with Gasteiger partial charge >= 0.3 is 0 Å². The highest BCUT2D eigenvalue weighted by Crippen LogP contribution is 2.42. The molecule has 0 amide bonds. The highest BCUT2D eigenvalue weighted by molar-refractivity contribution is 6.32.